The SMILES string of the molecule is Cc1ccc(CC(Cl)C2C3CC4CC(C3)CC2C4)nc1. The molecule has 4 saturated carbocycles. The Hall–Kier alpha value is -0.560. The zero-order valence-corrected chi connectivity index (χ0v) is 13.0. The molecule has 1 unspecified atom stereocenters. The third-order valence-corrected chi connectivity index (χ3v) is 6.54. The summed E-state index contributed by atoms with van der Waals surface area (Å²) in [6.45, 7) is 2.09. The van der Waals surface area contributed by atoms with Gasteiger partial charge in [0.1, 0.15) is 0 Å². The summed E-state index contributed by atoms with van der Waals surface area (Å²) >= 11 is 6.86. The van der Waals surface area contributed by atoms with Crippen LogP contribution in [0, 0.1) is 36.5 Å². The van der Waals surface area contributed by atoms with E-state index < -0.39 is 0 Å². The molecule has 5 rings (SSSR count). The first-order valence-corrected chi connectivity index (χ1v) is 8.68. The fourth-order valence-electron chi connectivity index (χ4n) is 5.51. The Bertz CT molecular complexity index is 453. The third kappa shape index (κ3) is 2.28. The Morgan fingerprint density at radius 2 is 1.75 bits per heavy atom. The van der Waals surface area contributed by atoms with E-state index in [-0.39, 0.29) is 0 Å². The molecule has 4 aliphatic carbocycles. The number of aryl methyl sites for hydroxylation is 1. The lowest BCUT2D eigenvalue weighted by molar-refractivity contribution is -0.0377. The highest BCUT2D eigenvalue weighted by atomic mass is 35.5. The summed E-state index contributed by atoms with van der Waals surface area (Å²) in [6, 6.07) is 4.31. The van der Waals surface area contributed by atoms with Crippen molar-refractivity contribution in [2.24, 2.45) is 29.6 Å². The maximum absolute atomic E-state index is 6.86. The Morgan fingerprint density at radius 3 is 2.30 bits per heavy atom. The molecular formula is C18H24ClN. The van der Waals surface area contributed by atoms with Crippen LogP contribution < -0.4 is 0 Å². The molecule has 0 amide bonds. The van der Waals surface area contributed by atoms with Crippen LogP contribution in [0.15, 0.2) is 18.3 Å². The first-order chi connectivity index (χ1) is 9.69. The second kappa shape index (κ2) is 5.02. The van der Waals surface area contributed by atoms with Crippen LogP contribution in [0.25, 0.3) is 0 Å². The Morgan fingerprint density at radius 1 is 1.10 bits per heavy atom. The molecule has 0 spiro atoms. The van der Waals surface area contributed by atoms with Gasteiger partial charge in [0.15, 0.2) is 0 Å². The maximum Gasteiger partial charge on any atom is 0.0424 e. The number of nitrogens with zero attached hydrogens (tertiary/aromatic N) is 1. The van der Waals surface area contributed by atoms with E-state index in [1.807, 2.05) is 6.20 Å². The highest BCUT2D eigenvalue weighted by Gasteiger charge is 2.50. The standard InChI is InChI=1S/C18H24ClN/c1-11-2-3-16(20-10-11)9-17(19)18-14-5-12-4-13(7-14)8-15(18)6-12/h2-3,10,12-15,17-18H,4-9H2,1H3. The van der Waals surface area contributed by atoms with E-state index >= 15 is 0 Å². The second-order valence-corrected chi connectivity index (χ2v) is 8.12. The summed E-state index contributed by atoms with van der Waals surface area (Å²) in [5.41, 5.74) is 2.40. The molecule has 108 valence electrons. The highest BCUT2D eigenvalue weighted by molar-refractivity contribution is 6.21. The van der Waals surface area contributed by atoms with Gasteiger partial charge in [-0.3, -0.25) is 4.98 Å². The molecule has 0 aromatic carbocycles. The van der Waals surface area contributed by atoms with Crippen LogP contribution in [-0.4, -0.2) is 10.4 Å². The number of alkyl halides is 1. The lowest BCUT2D eigenvalue weighted by Gasteiger charge is -2.55. The van der Waals surface area contributed by atoms with Crippen LogP contribution in [0.4, 0.5) is 0 Å². The normalized spacial score (nSPS) is 40.0. The Labute approximate surface area is 127 Å². The fraction of sp³-hybridized carbons (Fsp3) is 0.722. The van der Waals surface area contributed by atoms with Gasteiger partial charge in [-0.1, -0.05) is 6.07 Å². The minimum absolute atomic E-state index is 0.292. The van der Waals surface area contributed by atoms with Crippen molar-refractivity contribution in [2.75, 3.05) is 0 Å². The zero-order valence-electron chi connectivity index (χ0n) is 12.3. The Kier molecular flexibility index (Phi) is 3.29. The van der Waals surface area contributed by atoms with Crippen LogP contribution in [-0.2, 0) is 6.42 Å². The molecule has 1 nitrogen and oxygen atoms in total. The molecule has 0 saturated heterocycles. The van der Waals surface area contributed by atoms with E-state index in [0.717, 1.165) is 36.0 Å². The summed E-state index contributed by atoms with van der Waals surface area (Å²) in [7, 11) is 0. The van der Waals surface area contributed by atoms with Crippen LogP contribution in [0.5, 0.6) is 0 Å². The monoisotopic (exact) mass is 289 g/mol. The summed E-state index contributed by atoms with van der Waals surface area (Å²) in [5.74, 6) is 4.66. The van der Waals surface area contributed by atoms with Gasteiger partial charge < -0.3 is 0 Å². The number of hydrogen-bond acceptors (Lipinski definition) is 1. The van der Waals surface area contributed by atoms with Crippen LogP contribution in [0.2, 0.25) is 0 Å². The fourth-order valence-corrected chi connectivity index (χ4v) is 6.08. The summed E-state index contributed by atoms with van der Waals surface area (Å²) in [5, 5.41) is 0.292. The first-order valence-electron chi connectivity index (χ1n) is 8.24. The molecule has 20 heavy (non-hydrogen) atoms. The predicted molar refractivity (Wildman–Crippen MR) is 82.9 cm³/mol. The van der Waals surface area contributed by atoms with Gasteiger partial charge in [-0.2, -0.15) is 0 Å². The maximum atomic E-state index is 6.86. The average Bonchev–Trinajstić information content (AvgIpc) is 2.40. The number of pyridine rings is 1. The van der Waals surface area contributed by atoms with Gasteiger partial charge in [0.25, 0.3) is 0 Å². The summed E-state index contributed by atoms with van der Waals surface area (Å²) in [6.07, 6.45) is 10.3. The summed E-state index contributed by atoms with van der Waals surface area (Å²) < 4.78 is 0. The van der Waals surface area contributed by atoms with Gasteiger partial charge in [-0.05, 0) is 80.2 Å². The lowest BCUT2D eigenvalue weighted by Crippen LogP contribution is -2.48. The van der Waals surface area contributed by atoms with E-state index in [0.29, 0.717) is 5.38 Å². The molecule has 1 heterocycles. The average molecular weight is 290 g/mol. The van der Waals surface area contributed by atoms with E-state index in [4.69, 9.17) is 11.6 Å². The number of rotatable bonds is 3. The topological polar surface area (TPSA) is 12.9 Å². The Balaban J connectivity index is 1.48. The van der Waals surface area contributed by atoms with Crippen molar-refractivity contribution < 1.29 is 0 Å². The molecule has 0 N–H and O–H groups in total. The molecular weight excluding hydrogens is 266 g/mol. The van der Waals surface area contributed by atoms with E-state index in [9.17, 15) is 0 Å². The van der Waals surface area contributed by atoms with Gasteiger partial charge >= 0.3 is 0 Å². The van der Waals surface area contributed by atoms with Crippen molar-refractivity contribution >= 4 is 11.6 Å². The van der Waals surface area contributed by atoms with Gasteiger partial charge in [-0.15, -0.1) is 11.6 Å². The van der Waals surface area contributed by atoms with Crippen molar-refractivity contribution in [3.8, 4) is 0 Å². The number of halogens is 1. The molecule has 0 aliphatic heterocycles. The molecule has 4 bridgehead atoms. The number of aromatic nitrogens is 1. The molecule has 2 heteroatoms. The molecule has 0 radical (unpaired) electrons. The largest absolute Gasteiger partial charge is 0.261 e. The van der Waals surface area contributed by atoms with Crippen LogP contribution in [0.1, 0.15) is 43.4 Å². The summed E-state index contributed by atoms with van der Waals surface area (Å²) in [4.78, 5) is 4.55. The minimum Gasteiger partial charge on any atom is -0.261 e. The van der Waals surface area contributed by atoms with Crippen molar-refractivity contribution in [2.45, 2.75) is 50.8 Å². The molecule has 1 aromatic heterocycles. The zero-order chi connectivity index (χ0) is 13.7. The lowest BCUT2D eigenvalue weighted by atomic mass is 9.51. The quantitative estimate of drug-likeness (QED) is 0.740. The van der Waals surface area contributed by atoms with Gasteiger partial charge in [-0.25, -0.2) is 0 Å². The van der Waals surface area contributed by atoms with Crippen LogP contribution >= 0.6 is 11.6 Å². The van der Waals surface area contributed by atoms with E-state index in [2.05, 4.69) is 24.0 Å². The van der Waals surface area contributed by atoms with Gasteiger partial charge in [0, 0.05) is 23.7 Å². The first kappa shape index (κ1) is 13.1. The van der Waals surface area contributed by atoms with Gasteiger partial charge in [0.2, 0.25) is 0 Å². The third-order valence-electron chi connectivity index (χ3n) is 6.09. The smallest absolute Gasteiger partial charge is 0.0424 e. The van der Waals surface area contributed by atoms with Crippen molar-refractivity contribution in [3.05, 3.63) is 29.6 Å². The molecule has 4 fully saturated rings. The van der Waals surface area contributed by atoms with Crippen molar-refractivity contribution in [3.63, 3.8) is 0 Å². The number of hydrogen-bond donors (Lipinski definition) is 0. The van der Waals surface area contributed by atoms with E-state index in [1.165, 1.54) is 43.4 Å². The van der Waals surface area contributed by atoms with Crippen LogP contribution in [0.3, 0.4) is 0 Å². The van der Waals surface area contributed by atoms with Crippen molar-refractivity contribution in [1.29, 1.82) is 0 Å². The predicted octanol–water partition coefficient (Wildman–Crippen LogP) is 4.61. The minimum atomic E-state index is 0.292. The van der Waals surface area contributed by atoms with Gasteiger partial charge in [0.05, 0.1) is 0 Å². The van der Waals surface area contributed by atoms with E-state index in [1.54, 1.807) is 0 Å². The second-order valence-electron chi connectivity index (χ2n) is 7.56. The highest BCUT2D eigenvalue weighted by Crippen LogP contribution is 2.58. The van der Waals surface area contributed by atoms with Crippen molar-refractivity contribution in [1.82, 2.24) is 4.98 Å². The molecule has 1 aromatic rings. The molecule has 1 atom stereocenters. The molecule has 4 aliphatic rings.